The number of aromatic nitrogens is 8. The summed E-state index contributed by atoms with van der Waals surface area (Å²) in [6, 6.07) is 14.5. The van der Waals surface area contributed by atoms with Gasteiger partial charge in [0.15, 0.2) is 5.78 Å². The van der Waals surface area contributed by atoms with E-state index in [1.807, 2.05) is 24.3 Å². The van der Waals surface area contributed by atoms with Crippen molar-refractivity contribution in [3.63, 3.8) is 0 Å². The standard InChI is InChI=1S/C43H46F6N10O3/c1-58-54-37(52-56-58)31-7-3-27(4-8-31)25-40(17-11-33(61-42(44,45)46)23-35(40)29-13-19-50-20-14-29)39(60)41(26-28-5-9-32(10-6-28)38-53-57-59(2)55-38)18-12-34(62-43(47,48)49)24-36(41)30-15-21-51-22-16-30/h3-12,17-18,23-24,29-30,35-36,50-51H,13-16,19-22,25-26H2,1-2H3. The lowest BCUT2D eigenvalue weighted by molar-refractivity contribution is -0.304. The van der Waals surface area contributed by atoms with Crippen molar-refractivity contribution in [3.8, 4) is 22.8 Å². The number of halogens is 6. The summed E-state index contributed by atoms with van der Waals surface area (Å²) < 4.78 is 92.6. The van der Waals surface area contributed by atoms with Gasteiger partial charge in [-0.05, 0) is 122 Å². The molecule has 328 valence electrons. The van der Waals surface area contributed by atoms with E-state index in [4.69, 9.17) is 0 Å². The molecule has 2 aromatic carbocycles. The SMILES string of the molecule is Cn1nnc(-c2ccc(CC3(C(=O)C4(Cc5ccc(-c6nnn(C)n6)cc5)C=CC(OC(F)(F)F)=CC4C4CCNCC4)C=CC(OC(F)(F)F)=CC3C3CCNCC3)cc2)n1. The van der Waals surface area contributed by atoms with Gasteiger partial charge < -0.3 is 20.1 Å². The molecule has 0 spiro atoms. The number of rotatable bonds is 12. The Morgan fingerprint density at radius 1 is 0.645 bits per heavy atom. The van der Waals surface area contributed by atoms with Gasteiger partial charge in [0.2, 0.25) is 11.6 Å². The van der Waals surface area contributed by atoms with Crippen LogP contribution < -0.4 is 10.6 Å². The van der Waals surface area contributed by atoms with Gasteiger partial charge in [0.1, 0.15) is 11.5 Å². The largest absolute Gasteiger partial charge is 0.573 e. The Bertz CT molecular complexity index is 2180. The van der Waals surface area contributed by atoms with E-state index in [1.165, 1.54) is 33.9 Å². The highest BCUT2D eigenvalue weighted by molar-refractivity contribution is 5.96. The summed E-state index contributed by atoms with van der Waals surface area (Å²) in [5.74, 6) is -2.55. The quantitative estimate of drug-likeness (QED) is 0.149. The average molecular weight is 865 g/mol. The van der Waals surface area contributed by atoms with Gasteiger partial charge in [0.05, 0.1) is 24.9 Å². The number of Topliss-reactive ketones (excluding diaryl/α,β-unsaturated/α-hetero) is 1. The van der Waals surface area contributed by atoms with Gasteiger partial charge in [-0.2, -0.15) is 9.59 Å². The van der Waals surface area contributed by atoms with Crippen LogP contribution in [0.4, 0.5) is 26.3 Å². The summed E-state index contributed by atoms with van der Waals surface area (Å²) in [5.41, 5.74) is -0.290. The second kappa shape index (κ2) is 17.2. The first-order valence-electron chi connectivity index (χ1n) is 20.6. The van der Waals surface area contributed by atoms with Crippen LogP contribution in [0, 0.1) is 34.5 Å². The van der Waals surface area contributed by atoms with E-state index in [2.05, 4.69) is 50.9 Å². The fourth-order valence-corrected chi connectivity index (χ4v) is 9.79. The molecule has 19 heteroatoms. The van der Waals surface area contributed by atoms with E-state index in [9.17, 15) is 26.3 Å². The van der Waals surface area contributed by atoms with Crippen LogP contribution in [-0.4, -0.2) is 85.1 Å². The highest BCUT2D eigenvalue weighted by Crippen LogP contribution is 2.56. The molecule has 13 nitrogen and oxygen atoms in total. The summed E-state index contributed by atoms with van der Waals surface area (Å²) in [6.45, 7) is 2.31. The topological polar surface area (TPSA) is 147 Å². The lowest BCUT2D eigenvalue weighted by atomic mass is 9.50. The van der Waals surface area contributed by atoms with Crippen LogP contribution in [0.5, 0.6) is 0 Å². The number of carbonyl (C=O) groups is 1. The number of benzene rings is 2. The fourth-order valence-electron chi connectivity index (χ4n) is 9.79. The van der Waals surface area contributed by atoms with Crippen molar-refractivity contribution in [2.24, 2.45) is 48.6 Å². The van der Waals surface area contributed by atoms with Gasteiger partial charge in [-0.25, -0.2) is 0 Å². The number of piperidine rings is 2. The van der Waals surface area contributed by atoms with E-state index in [-0.39, 0.29) is 30.5 Å². The van der Waals surface area contributed by atoms with Crippen molar-refractivity contribution >= 4 is 5.78 Å². The normalized spacial score (nSPS) is 25.0. The molecule has 2 fully saturated rings. The van der Waals surface area contributed by atoms with Crippen molar-refractivity contribution in [2.45, 2.75) is 51.2 Å². The molecular formula is C43H46F6N10O3. The lowest BCUT2D eigenvalue weighted by Gasteiger charge is -2.51. The third kappa shape index (κ3) is 9.38. The minimum absolute atomic E-state index is 0.0579. The van der Waals surface area contributed by atoms with E-state index in [0.717, 1.165) is 0 Å². The second-order valence-electron chi connectivity index (χ2n) is 16.5. The molecule has 2 saturated heterocycles. The monoisotopic (exact) mass is 864 g/mol. The zero-order chi connectivity index (χ0) is 43.7. The molecule has 62 heavy (non-hydrogen) atoms. The van der Waals surface area contributed by atoms with Crippen LogP contribution in [-0.2, 0) is 41.2 Å². The number of alkyl halides is 6. The van der Waals surface area contributed by atoms with Gasteiger partial charge in [-0.3, -0.25) is 4.79 Å². The molecule has 2 aliphatic carbocycles. The van der Waals surface area contributed by atoms with Crippen molar-refractivity contribution in [3.05, 3.63) is 108 Å². The van der Waals surface area contributed by atoms with Gasteiger partial charge >= 0.3 is 12.7 Å². The predicted octanol–water partition coefficient (Wildman–Crippen LogP) is 6.61. The van der Waals surface area contributed by atoms with E-state index in [1.54, 1.807) is 50.5 Å². The van der Waals surface area contributed by atoms with E-state index in [0.29, 0.717) is 85.8 Å². The number of carbonyl (C=O) groups excluding carboxylic acids is 1. The Hall–Kier alpha value is -5.69. The fraction of sp³-hybridized carbons (Fsp3) is 0.465. The highest BCUT2D eigenvalue weighted by Gasteiger charge is 2.58. The molecule has 0 radical (unpaired) electrons. The number of nitrogens with one attached hydrogen (secondary N) is 2. The van der Waals surface area contributed by atoms with Crippen LogP contribution in [0.25, 0.3) is 22.8 Å². The molecule has 2 aliphatic heterocycles. The third-order valence-electron chi connectivity index (χ3n) is 12.5. The number of tetrazole rings is 2. The van der Waals surface area contributed by atoms with Crippen LogP contribution in [0.3, 0.4) is 0 Å². The number of hydrogen-bond donors (Lipinski definition) is 2. The van der Waals surface area contributed by atoms with E-state index >= 15 is 4.79 Å². The molecule has 4 aromatic rings. The maximum Gasteiger partial charge on any atom is 0.573 e. The van der Waals surface area contributed by atoms with Crippen molar-refractivity contribution in [1.82, 2.24) is 51.0 Å². The number of hydrogen-bond acceptors (Lipinski definition) is 11. The Labute approximate surface area is 353 Å². The Morgan fingerprint density at radius 3 is 1.34 bits per heavy atom. The second-order valence-corrected chi connectivity index (χ2v) is 16.5. The van der Waals surface area contributed by atoms with Crippen LogP contribution in [0.1, 0.15) is 36.8 Å². The van der Waals surface area contributed by atoms with Gasteiger partial charge in [-0.1, -0.05) is 60.7 Å². The van der Waals surface area contributed by atoms with E-state index < -0.39 is 46.9 Å². The summed E-state index contributed by atoms with van der Waals surface area (Å²) in [7, 11) is 3.29. The first-order chi connectivity index (χ1) is 29.6. The molecule has 2 N–H and O–H groups in total. The smallest absolute Gasteiger partial charge is 0.406 e. The molecule has 0 amide bonds. The molecule has 0 saturated carbocycles. The summed E-state index contributed by atoms with van der Waals surface area (Å²) in [6.07, 6.45) is 0.794. The van der Waals surface area contributed by atoms with Gasteiger partial charge in [0.25, 0.3) is 0 Å². The number of ketones is 1. The molecule has 0 bridgehead atoms. The average Bonchev–Trinajstić information content (AvgIpc) is 3.89. The zero-order valence-electron chi connectivity index (χ0n) is 34.0. The summed E-state index contributed by atoms with van der Waals surface area (Å²) in [5, 5.41) is 31.3. The molecule has 4 aliphatic rings. The maximum atomic E-state index is 16.7. The minimum Gasteiger partial charge on any atom is -0.406 e. The van der Waals surface area contributed by atoms with Crippen molar-refractivity contribution in [2.75, 3.05) is 26.2 Å². The van der Waals surface area contributed by atoms with Crippen LogP contribution >= 0.6 is 0 Å². The number of allylic oxidation sites excluding steroid dienone is 6. The van der Waals surface area contributed by atoms with Crippen LogP contribution in [0.15, 0.2) is 96.5 Å². The summed E-state index contributed by atoms with van der Waals surface area (Å²) in [4.78, 5) is 19.4. The zero-order valence-corrected chi connectivity index (χ0v) is 34.0. The number of ether oxygens (including phenoxy) is 2. The highest BCUT2D eigenvalue weighted by atomic mass is 19.4. The Kier molecular flexibility index (Phi) is 11.9. The number of aryl methyl sites for hydroxylation is 2. The predicted molar refractivity (Wildman–Crippen MR) is 213 cm³/mol. The molecule has 4 atom stereocenters. The maximum absolute atomic E-state index is 16.7. The molecule has 4 unspecified atom stereocenters. The van der Waals surface area contributed by atoms with Gasteiger partial charge in [0, 0.05) is 23.0 Å². The Morgan fingerprint density at radius 2 is 1.02 bits per heavy atom. The molecule has 2 aromatic heterocycles. The van der Waals surface area contributed by atoms with Crippen molar-refractivity contribution < 1.29 is 40.6 Å². The third-order valence-corrected chi connectivity index (χ3v) is 12.5. The molecular weight excluding hydrogens is 819 g/mol. The first kappa shape index (κ1) is 43.0. The Balaban J connectivity index is 1.30. The minimum atomic E-state index is -5.00. The first-order valence-corrected chi connectivity index (χ1v) is 20.6. The summed E-state index contributed by atoms with van der Waals surface area (Å²) >= 11 is 0. The van der Waals surface area contributed by atoms with Gasteiger partial charge in [-0.15, -0.1) is 46.7 Å². The number of nitrogens with zero attached hydrogens (tertiary/aromatic N) is 8. The lowest BCUT2D eigenvalue weighted by Crippen LogP contribution is -2.56. The molecule has 8 rings (SSSR count). The van der Waals surface area contributed by atoms with Crippen LogP contribution in [0.2, 0.25) is 0 Å². The van der Waals surface area contributed by atoms with Crippen molar-refractivity contribution in [1.29, 1.82) is 0 Å². The molecule has 4 heterocycles.